The highest BCUT2D eigenvalue weighted by atomic mass is 31.2. The number of hydrogen-bond acceptors (Lipinski definition) is 3. The van der Waals surface area contributed by atoms with E-state index in [-0.39, 0.29) is 6.61 Å². The predicted octanol–water partition coefficient (Wildman–Crippen LogP) is 0.923. The van der Waals surface area contributed by atoms with Crippen molar-refractivity contribution in [2.45, 2.75) is 6.42 Å². The van der Waals surface area contributed by atoms with Crippen LogP contribution in [0.25, 0.3) is 0 Å². The molecular weight excluding hydrogens is 139 g/mol. The topological polar surface area (TPSA) is 46.5 Å². The van der Waals surface area contributed by atoms with E-state index in [0.717, 1.165) is 0 Å². The van der Waals surface area contributed by atoms with Gasteiger partial charge >= 0.3 is 0 Å². The first-order chi connectivity index (χ1) is 4.06. The van der Waals surface area contributed by atoms with Crippen LogP contribution in [0.3, 0.4) is 0 Å². The Morgan fingerprint density at radius 2 is 2.11 bits per heavy atom. The fraction of sp³-hybridized carbons (Fsp3) is 1.00. The predicted molar refractivity (Wildman–Crippen MR) is 37.1 cm³/mol. The maximum absolute atomic E-state index is 10.8. The lowest BCUT2D eigenvalue weighted by molar-refractivity contribution is 0.236. The molecule has 9 heavy (non-hydrogen) atoms. The number of aliphatic hydroxyl groups excluding tert-OH is 1. The van der Waals surface area contributed by atoms with E-state index in [9.17, 15) is 4.57 Å². The summed E-state index contributed by atoms with van der Waals surface area (Å²) < 4.78 is 15.7. The van der Waals surface area contributed by atoms with Crippen LogP contribution in [0, 0.1) is 0 Å². The second-order valence-electron chi connectivity index (χ2n) is 2.16. The smallest absolute Gasteiger partial charge is 0.197 e. The average molecular weight is 152 g/mol. The standard InChI is InChI=1S/C5H13O3P/c1-9(2,7)8-5-3-4-6/h6H,3-5H2,1-2H3. The molecule has 0 aromatic rings. The van der Waals surface area contributed by atoms with Gasteiger partial charge in [0.1, 0.15) is 0 Å². The second-order valence-corrected chi connectivity index (χ2v) is 4.92. The maximum atomic E-state index is 10.8. The molecule has 4 heteroatoms. The third kappa shape index (κ3) is 8.15. The zero-order chi connectivity index (χ0) is 7.33. The Labute approximate surface area is 55.5 Å². The Morgan fingerprint density at radius 1 is 1.56 bits per heavy atom. The minimum absolute atomic E-state index is 0.0972. The maximum Gasteiger partial charge on any atom is 0.197 e. The van der Waals surface area contributed by atoms with Crippen molar-refractivity contribution in [2.75, 3.05) is 26.5 Å². The minimum atomic E-state index is -2.31. The van der Waals surface area contributed by atoms with E-state index in [1.54, 1.807) is 13.3 Å². The van der Waals surface area contributed by atoms with E-state index in [0.29, 0.717) is 13.0 Å². The highest BCUT2D eigenvalue weighted by Gasteiger charge is 2.04. The van der Waals surface area contributed by atoms with Crippen LogP contribution >= 0.6 is 7.37 Å². The van der Waals surface area contributed by atoms with Gasteiger partial charge in [0.2, 0.25) is 0 Å². The van der Waals surface area contributed by atoms with Gasteiger partial charge in [-0.25, -0.2) is 0 Å². The molecule has 0 saturated heterocycles. The van der Waals surface area contributed by atoms with Gasteiger partial charge in [-0.3, -0.25) is 4.57 Å². The molecule has 0 spiro atoms. The third-order valence-electron chi connectivity index (χ3n) is 0.705. The lowest BCUT2D eigenvalue weighted by Crippen LogP contribution is -1.93. The van der Waals surface area contributed by atoms with Crippen molar-refractivity contribution < 1.29 is 14.2 Å². The molecule has 0 atom stereocenters. The van der Waals surface area contributed by atoms with E-state index < -0.39 is 7.37 Å². The SMILES string of the molecule is CP(C)(=O)OCCCO. The summed E-state index contributed by atoms with van der Waals surface area (Å²) in [6, 6.07) is 0. The van der Waals surface area contributed by atoms with Crippen molar-refractivity contribution in [3.8, 4) is 0 Å². The molecule has 0 heterocycles. The van der Waals surface area contributed by atoms with Gasteiger partial charge in [0.25, 0.3) is 0 Å². The summed E-state index contributed by atoms with van der Waals surface area (Å²) in [6.45, 7) is 3.61. The molecule has 0 aliphatic carbocycles. The molecule has 0 aliphatic heterocycles. The van der Waals surface area contributed by atoms with Crippen molar-refractivity contribution in [1.29, 1.82) is 0 Å². The molecule has 0 unspecified atom stereocenters. The molecule has 0 rings (SSSR count). The first-order valence-electron chi connectivity index (χ1n) is 2.86. The molecule has 0 bridgehead atoms. The molecule has 0 aliphatic rings. The molecule has 0 aromatic carbocycles. The summed E-state index contributed by atoms with van der Waals surface area (Å²) >= 11 is 0. The Hall–Kier alpha value is 0.150. The van der Waals surface area contributed by atoms with E-state index in [1.165, 1.54) is 0 Å². The van der Waals surface area contributed by atoms with Crippen LogP contribution in [0.1, 0.15) is 6.42 Å². The Balaban J connectivity index is 3.18. The fourth-order valence-electron chi connectivity index (χ4n) is 0.349. The molecule has 56 valence electrons. The van der Waals surface area contributed by atoms with Gasteiger partial charge in [0, 0.05) is 19.9 Å². The largest absolute Gasteiger partial charge is 0.396 e. The summed E-state index contributed by atoms with van der Waals surface area (Å²) in [4.78, 5) is 0. The molecule has 0 aromatic heterocycles. The first-order valence-corrected chi connectivity index (χ1v) is 5.38. The summed E-state index contributed by atoms with van der Waals surface area (Å²) in [5.74, 6) is 0. The normalized spacial score (nSPS) is 11.9. The van der Waals surface area contributed by atoms with Crippen LogP contribution in [-0.2, 0) is 9.09 Å². The number of rotatable bonds is 4. The summed E-state index contributed by atoms with van der Waals surface area (Å²) in [7, 11) is -2.31. The summed E-state index contributed by atoms with van der Waals surface area (Å²) in [6.07, 6.45) is 0.561. The van der Waals surface area contributed by atoms with Crippen LogP contribution in [0.4, 0.5) is 0 Å². The highest BCUT2D eigenvalue weighted by Crippen LogP contribution is 2.36. The van der Waals surface area contributed by atoms with E-state index in [1.807, 2.05) is 0 Å². The van der Waals surface area contributed by atoms with Crippen LogP contribution in [0.15, 0.2) is 0 Å². The monoisotopic (exact) mass is 152 g/mol. The van der Waals surface area contributed by atoms with Crippen LogP contribution < -0.4 is 0 Å². The Morgan fingerprint density at radius 3 is 2.44 bits per heavy atom. The lowest BCUT2D eigenvalue weighted by atomic mass is 10.5. The third-order valence-corrected chi connectivity index (χ3v) is 1.51. The summed E-state index contributed by atoms with van der Waals surface area (Å²) in [5, 5.41) is 8.29. The van der Waals surface area contributed by atoms with E-state index >= 15 is 0 Å². The van der Waals surface area contributed by atoms with Crippen molar-refractivity contribution in [3.63, 3.8) is 0 Å². The molecule has 0 amide bonds. The van der Waals surface area contributed by atoms with Gasteiger partial charge in [-0.2, -0.15) is 0 Å². The van der Waals surface area contributed by atoms with Gasteiger partial charge in [0.05, 0.1) is 6.61 Å². The minimum Gasteiger partial charge on any atom is -0.396 e. The highest BCUT2D eigenvalue weighted by molar-refractivity contribution is 7.57. The molecular formula is C5H13O3P. The molecule has 0 fully saturated rings. The quantitative estimate of drug-likeness (QED) is 0.481. The van der Waals surface area contributed by atoms with Gasteiger partial charge in [-0.15, -0.1) is 0 Å². The Bertz CT molecular complexity index is 107. The average Bonchev–Trinajstić information content (AvgIpc) is 1.63. The van der Waals surface area contributed by atoms with Gasteiger partial charge in [-0.05, 0) is 6.42 Å². The molecule has 1 N–H and O–H groups in total. The molecule has 0 radical (unpaired) electrons. The van der Waals surface area contributed by atoms with Crippen molar-refractivity contribution in [2.24, 2.45) is 0 Å². The van der Waals surface area contributed by atoms with E-state index in [2.05, 4.69) is 0 Å². The lowest BCUT2D eigenvalue weighted by Gasteiger charge is -2.05. The van der Waals surface area contributed by atoms with Gasteiger partial charge < -0.3 is 9.63 Å². The number of aliphatic hydroxyl groups is 1. The van der Waals surface area contributed by atoms with Crippen molar-refractivity contribution in [1.82, 2.24) is 0 Å². The second kappa shape index (κ2) is 4.04. The fourth-order valence-corrected chi connectivity index (χ4v) is 0.918. The molecule has 3 nitrogen and oxygen atoms in total. The zero-order valence-corrected chi connectivity index (χ0v) is 6.73. The first kappa shape index (κ1) is 9.15. The van der Waals surface area contributed by atoms with Crippen LogP contribution in [0.5, 0.6) is 0 Å². The van der Waals surface area contributed by atoms with Gasteiger partial charge in [0.15, 0.2) is 7.37 Å². The van der Waals surface area contributed by atoms with Crippen LogP contribution in [-0.4, -0.2) is 31.6 Å². The summed E-state index contributed by atoms with van der Waals surface area (Å²) in [5.41, 5.74) is 0. The number of hydrogen-bond donors (Lipinski definition) is 1. The molecule has 0 saturated carbocycles. The van der Waals surface area contributed by atoms with Gasteiger partial charge in [-0.1, -0.05) is 0 Å². The van der Waals surface area contributed by atoms with E-state index in [4.69, 9.17) is 9.63 Å². The zero-order valence-electron chi connectivity index (χ0n) is 5.83. The van der Waals surface area contributed by atoms with Crippen molar-refractivity contribution >= 4 is 7.37 Å². The van der Waals surface area contributed by atoms with Crippen LogP contribution in [0.2, 0.25) is 0 Å². The van der Waals surface area contributed by atoms with Crippen molar-refractivity contribution in [3.05, 3.63) is 0 Å². The Kier molecular flexibility index (Phi) is 4.11.